The lowest BCUT2D eigenvalue weighted by Crippen LogP contribution is -2.28. The summed E-state index contributed by atoms with van der Waals surface area (Å²) < 4.78 is 9.24. The van der Waals surface area contributed by atoms with E-state index in [9.17, 15) is 14.4 Å². The first-order chi connectivity index (χ1) is 8.65. The summed E-state index contributed by atoms with van der Waals surface area (Å²) in [5.41, 5.74) is 0.737. The van der Waals surface area contributed by atoms with Crippen molar-refractivity contribution in [2.24, 2.45) is 0 Å². The Hall–Kier alpha value is -2.17. The minimum Gasteiger partial charge on any atom is -0.460 e. The van der Waals surface area contributed by atoms with Gasteiger partial charge in [-0.15, -0.1) is 0 Å². The van der Waals surface area contributed by atoms with Crippen molar-refractivity contribution in [3.8, 4) is 0 Å². The molecular formula is C13H14O5. The molecule has 0 N–H and O–H groups in total. The highest BCUT2D eigenvalue weighted by Gasteiger charge is 2.25. The molecule has 1 aromatic rings. The van der Waals surface area contributed by atoms with Gasteiger partial charge in [-0.3, -0.25) is 4.79 Å². The van der Waals surface area contributed by atoms with Crippen molar-refractivity contribution < 1.29 is 23.9 Å². The summed E-state index contributed by atoms with van der Waals surface area (Å²) >= 11 is 0. The lowest BCUT2D eigenvalue weighted by atomic mass is 10.2. The standard InChI is InChI=1S/C13H14O5/c1-2-8-17-12(15)11(14)13(16)18-9-10-6-4-3-5-7-10/h3-7H,2,8-9H2,1H3. The molecule has 18 heavy (non-hydrogen) atoms. The first-order valence-corrected chi connectivity index (χ1v) is 5.57. The number of esters is 2. The molecular weight excluding hydrogens is 236 g/mol. The zero-order valence-electron chi connectivity index (χ0n) is 10.0. The maximum atomic E-state index is 11.2. The van der Waals surface area contributed by atoms with Crippen LogP contribution in [-0.4, -0.2) is 24.3 Å². The fourth-order valence-corrected chi connectivity index (χ4v) is 1.13. The van der Waals surface area contributed by atoms with Crippen LogP contribution in [0.5, 0.6) is 0 Å². The largest absolute Gasteiger partial charge is 0.460 e. The van der Waals surface area contributed by atoms with E-state index in [-0.39, 0.29) is 13.2 Å². The van der Waals surface area contributed by atoms with Gasteiger partial charge in [-0.25, -0.2) is 9.59 Å². The van der Waals surface area contributed by atoms with E-state index in [1.165, 1.54) is 0 Å². The van der Waals surface area contributed by atoms with Crippen molar-refractivity contribution in [3.63, 3.8) is 0 Å². The van der Waals surface area contributed by atoms with Gasteiger partial charge in [-0.05, 0) is 12.0 Å². The van der Waals surface area contributed by atoms with Crippen LogP contribution in [0.3, 0.4) is 0 Å². The molecule has 0 aliphatic rings. The number of hydrogen-bond donors (Lipinski definition) is 0. The minimum atomic E-state index is -1.28. The van der Waals surface area contributed by atoms with Crippen LogP contribution in [-0.2, 0) is 30.5 Å². The van der Waals surface area contributed by atoms with Crippen LogP contribution in [0, 0.1) is 0 Å². The number of benzene rings is 1. The van der Waals surface area contributed by atoms with E-state index >= 15 is 0 Å². The Bertz CT molecular complexity index is 424. The number of ether oxygens (including phenoxy) is 2. The average Bonchev–Trinajstić information content (AvgIpc) is 2.42. The van der Waals surface area contributed by atoms with Crippen molar-refractivity contribution >= 4 is 17.7 Å². The quantitative estimate of drug-likeness (QED) is 0.432. The van der Waals surface area contributed by atoms with Crippen LogP contribution in [0.25, 0.3) is 0 Å². The molecule has 5 heteroatoms. The van der Waals surface area contributed by atoms with Gasteiger partial charge in [0.15, 0.2) is 0 Å². The Morgan fingerprint density at radius 2 is 1.61 bits per heavy atom. The van der Waals surface area contributed by atoms with Crippen molar-refractivity contribution in [3.05, 3.63) is 35.9 Å². The Balaban J connectivity index is 2.41. The second-order valence-corrected chi connectivity index (χ2v) is 3.53. The van der Waals surface area contributed by atoms with Gasteiger partial charge in [0.25, 0.3) is 0 Å². The molecule has 0 amide bonds. The van der Waals surface area contributed by atoms with Crippen LogP contribution in [0.1, 0.15) is 18.9 Å². The second-order valence-electron chi connectivity index (χ2n) is 3.53. The highest BCUT2D eigenvalue weighted by Crippen LogP contribution is 2.01. The number of ketones is 1. The van der Waals surface area contributed by atoms with Gasteiger partial charge in [0.05, 0.1) is 6.61 Å². The van der Waals surface area contributed by atoms with Crippen LogP contribution in [0.4, 0.5) is 0 Å². The third kappa shape index (κ3) is 4.37. The summed E-state index contributed by atoms with van der Waals surface area (Å²) in [7, 11) is 0. The summed E-state index contributed by atoms with van der Waals surface area (Å²) in [6, 6.07) is 8.86. The third-order valence-corrected chi connectivity index (χ3v) is 2.02. The van der Waals surface area contributed by atoms with Crippen LogP contribution in [0.15, 0.2) is 30.3 Å². The number of carbonyl (C=O) groups is 3. The smallest absolute Gasteiger partial charge is 0.387 e. The summed E-state index contributed by atoms with van der Waals surface area (Å²) in [6.07, 6.45) is 0.581. The lowest BCUT2D eigenvalue weighted by molar-refractivity contribution is -0.165. The van der Waals surface area contributed by atoms with Crippen molar-refractivity contribution in [1.82, 2.24) is 0 Å². The SMILES string of the molecule is CCCOC(=O)C(=O)C(=O)OCc1ccccc1. The number of carbonyl (C=O) groups excluding carboxylic acids is 3. The maximum absolute atomic E-state index is 11.2. The molecule has 0 unspecified atom stereocenters. The Morgan fingerprint density at radius 1 is 1.00 bits per heavy atom. The number of Topliss-reactive ketones (excluding diaryl/α,β-unsaturated/α-hetero) is 1. The summed E-state index contributed by atoms with van der Waals surface area (Å²) in [4.78, 5) is 33.6. The first kappa shape index (κ1) is 13.9. The molecule has 0 fully saturated rings. The van der Waals surface area contributed by atoms with Gasteiger partial charge in [0.1, 0.15) is 6.61 Å². The topological polar surface area (TPSA) is 69.7 Å². The van der Waals surface area contributed by atoms with E-state index in [2.05, 4.69) is 4.74 Å². The average molecular weight is 250 g/mol. The summed E-state index contributed by atoms with van der Waals surface area (Å²) in [5, 5.41) is 0. The van der Waals surface area contributed by atoms with Gasteiger partial charge >= 0.3 is 17.7 Å². The molecule has 1 rings (SSSR count). The molecule has 0 spiro atoms. The van der Waals surface area contributed by atoms with Gasteiger partial charge in [0, 0.05) is 0 Å². The highest BCUT2D eigenvalue weighted by atomic mass is 16.6. The first-order valence-electron chi connectivity index (χ1n) is 5.57. The molecule has 96 valence electrons. The normalized spacial score (nSPS) is 9.61. The van der Waals surface area contributed by atoms with E-state index < -0.39 is 17.7 Å². The van der Waals surface area contributed by atoms with Crippen LogP contribution < -0.4 is 0 Å². The monoisotopic (exact) mass is 250 g/mol. The van der Waals surface area contributed by atoms with E-state index in [0.29, 0.717) is 6.42 Å². The molecule has 0 bridgehead atoms. The van der Waals surface area contributed by atoms with E-state index in [0.717, 1.165) is 5.56 Å². The lowest BCUT2D eigenvalue weighted by Gasteiger charge is -2.04. The number of hydrogen-bond acceptors (Lipinski definition) is 5. The van der Waals surface area contributed by atoms with Gasteiger partial charge in [0.2, 0.25) is 0 Å². The molecule has 0 aliphatic carbocycles. The fraction of sp³-hybridized carbons (Fsp3) is 0.308. The second kappa shape index (κ2) is 7.21. The van der Waals surface area contributed by atoms with Gasteiger partial charge < -0.3 is 9.47 Å². The van der Waals surface area contributed by atoms with E-state index in [4.69, 9.17) is 4.74 Å². The zero-order valence-corrected chi connectivity index (χ0v) is 10.0. The van der Waals surface area contributed by atoms with Crippen LogP contribution >= 0.6 is 0 Å². The van der Waals surface area contributed by atoms with E-state index in [1.807, 2.05) is 6.07 Å². The minimum absolute atomic E-state index is 0.0491. The maximum Gasteiger partial charge on any atom is 0.387 e. The van der Waals surface area contributed by atoms with Gasteiger partial charge in [-0.1, -0.05) is 37.3 Å². The molecule has 0 atom stereocenters. The Morgan fingerprint density at radius 3 is 2.22 bits per heavy atom. The molecule has 0 saturated carbocycles. The summed E-state index contributed by atoms with van der Waals surface area (Å²) in [6.45, 7) is 1.84. The highest BCUT2D eigenvalue weighted by molar-refractivity contribution is 6.60. The summed E-state index contributed by atoms with van der Waals surface area (Å²) in [5.74, 6) is -3.64. The van der Waals surface area contributed by atoms with Crippen molar-refractivity contribution in [1.29, 1.82) is 0 Å². The van der Waals surface area contributed by atoms with Crippen LogP contribution in [0.2, 0.25) is 0 Å². The van der Waals surface area contributed by atoms with Crippen molar-refractivity contribution in [2.75, 3.05) is 6.61 Å². The molecule has 0 aliphatic heterocycles. The molecule has 0 radical (unpaired) electrons. The molecule has 0 saturated heterocycles. The molecule has 5 nitrogen and oxygen atoms in total. The Labute approximate surface area is 105 Å². The number of rotatable bonds is 6. The van der Waals surface area contributed by atoms with E-state index in [1.54, 1.807) is 31.2 Å². The molecule has 1 aromatic carbocycles. The van der Waals surface area contributed by atoms with Crippen molar-refractivity contribution in [2.45, 2.75) is 20.0 Å². The predicted octanol–water partition coefficient (Wildman–Crippen LogP) is 1.25. The zero-order chi connectivity index (χ0) is 13.4. The molecule has 0 heterocycles. The fourth-order valence-electron chi connectivity index (χ4n) is 1.13. The molecule has 0 aromatic heterocycles. The third-order valence-electron chi connectivity index (χ3n) is 2.02. The van der Waals surface area contributed by atoms with Gasteiger partial charge in [-0.2, -0.15) is 0 Å². The Kier molecular flexibility index (Phi) is 5.57. The predicted molar refractivity (Wildman–Crippen MR) is 62.5 cm³/mol.